The molecule has 1 aromatic carbocycles. The molecule has 1 aromatic rings. The first-order chi connectivity index (χ1) is 9.11. The molecule has 1 fully saturated rings. The number of β-amino-alcohol motifs (C(OH)–C–C–N with tert-alkyl or cyclic N) is 1. The summed E-state index contributed by atoms with van der Waals surface area (Å²) in [6.07, 6.45) is 0. The summed E-state index contributed by atoms with van der Waals surface area (Å²) in [6.45, 7) is 5.35. The molecular formula is C14H19FN2O2. The molecule has 0 unspecified atom stereocenters. The summed E-state index contributed by atoms with van der Waals surface area (Å²) >= 11 is 0. The number of aliphatic hydroxyl groups is 1. The number of aliphatic hydroxyl groups excluding tert-OH is 1. The van der Waals surface area contributed by atoms with E-state index in [-0.39, 0.29) is 18.2 Å². The molecule has 1 saturated heterocycles. The Morgan fingerprint density at radius 1 is 1.32 bits per heavy atom. The van der Waals surface area contributed by atoms with Crippen molar-refractivity contribution in [2.24, 2.45) is 0 Å². The number of carbonyl (C=O) groups is 1. The van der Waals surface area contributed by atoms with Crippen molar-refractivity contribution in [3.05, 3.63) is 29.6 Å². The van der Waals surface area contributed by atoms with Gasteiger partial charge in [0.1, 0.15) is 5.82 Å². The van der Waals surface area contributed by atoms with Gasteiger partial charge in [0.2, 0.25) is 0 Å². The van der Waals surface area contributed by atoms with Crippen molar-refractivity contribution in [2.45, 2.75) is 6.92 Å². The molecule has 2 rings (SSSR count). The Morgan fingerprint density at radius 3 is 2.53 bits per heavy atom. The zero-order chi connectivity index (χ0) is 13.8. The molecule has 0 aromatic heterocycles. The monoisotopic (exact) mass is 266 g/mol. The number of anilines is 1. The minimum Gasteiger partial charge on any atom is -0.395 e. The molecule has 0 amide bonds. The number of halogens is 1. The molecule has 5 heteroatoms. The number of nitrogens with zero attached hydrogens (tertiary/aromatic N) is 2. The van der Waals surface area contributed by atoms with E-state index in [1.54, 1.807) is 12.1 Å². The van der Waals surface area contributed by atoms with Gasteiger partial charge in [-0.1, -0.05) is 0 Å². The molecule has 1 N–H and O–H groups in total. The highest BCUT2D eigenvalue weighted by Gasteiger charge is 2.19. The van der Waals surface area contributed by atoms with Crippen LogP contribution in [0, 0.1) is 5.82 Å². The number of carbonyl (C=O) groups excluding carboxylic acids is 1. The second-order valence-corrected chi connectivity index (χ2v) is 4.77. The van der Waals surface area contributed by atoms with Crippen molar-refractivity contribution in [2.75, 3.05) is 44.2 Å². The normalized spacial score (nSPS) is 16.7. The van der Waals surface area contributed by atoms with E-state index in [2.05, 4.69) is 4.90 Å². The molecular weight excluding hydrogens is 247 g/mol. The first-order valence-corrected chi connectivity index (χ1v) is 6.50. The molecule has 0 atom stereocenters. The summed E-state index contributed by atoms with van der Waals surface area (Å²) in [6, 6.07) is 4.65. The first kappa shape index (κ1) is 14.0. The van der Waals surface area contributed by atoms with Gasteiger partial charge < -0.3 is 10.0 Å². The topological polar surface area (TPSA) is 43.8 Å². The van der Waals surface area contributed by atoms with Crippen molar-refractivity contribution in [1.82, 2.24) is 4.90 Å². The van der Waals surface area contributed by atoms with Gasteiger partial charge in [-0.3, -0.25) is 9.69 Å². The standard InChI is InChI=1S/C14H19FN2O2/c1-11(19)12-2-3-14(13(15)10-12)17-6-4-16(5-7-17)8-9-18/h2-3,10,18H,4-9H2,1H3. The molecule has 0 spiro atoms. The second-order valence-electron chi connectivity index (χ2n) is 4.77. The van der Waals surface area contributed by atoms with E-state index in [4.69, 9.17) is 5.11 Å². The van der Waals surface area contributed by atoms with Crippen LogP contribution in [0.25, 0.3) is 0 Å². The van der Waals surface area contributed by atoms with Crippen molar-refractivity contribution < 1.29 is 14.3 Å². The fourth-order valence-corrected chi connectivity index (χ4v) is 2.34. The van der Waals surface area contributed by atoms with Crippen molar-refractivity contribution in [1.29, 1.82) is 0 Å². The Labute approximate surface area is 112 Å². The number of Topliss-reactive ketones (excluding diaryl/α,β-unsaturated/α-hetero) is 1. The van der Waals surface area contributed by atoms with E-state index in [0.717, 1.165) is 26.2 Å². The van der Waals surface area contributed by atoms with Crippen LogP contribution < -0.4 is 4.90 Å². The van der Waals surface area contributed by atoms with E-state index < -0.39 is 0 Å². The lowest BCUT2D eigenvalue weighted by Crippen LogP contribution is -2.47. The Hall–Kier alpha value is -1.46. The summed E-state index contributed by atoms with van der Waals surface area (Å²) in [5, 5.41) is 8.88. The molecule has 0 bridgehead atoms. The van der Waals surface area contributed by atoms with E-state index in [1.807, 2.05) is 4.90 Å². The molecule has 1 aliphatic heterocycles. The minimum absolute atomic E-state index is 0.127. The Bertz CT molecular complexity index is 457. The predicted octanol–water partition coefficient (Wildman–Crippen LogP) is 1.14. The fourth-order valence-electron chi connectivity index (χ4n) is 2.34. The quantitative estimate of drug-likeness (QED) is 0.830. The van der Waals surface area contributed by atoms with Gasteiger partial charge in [0.05, 0.1) is 12.3 Å². The third-order valence-corrected chi connectivity index (χ3v) is 3.48. The number of ketones is 1. The zero-order valence-corrected chi connectivity index (χ0v) is 11.1. The highest BCUT2D eigenvalue weighted by molar-refractivity contribution is 5.94. The van der Waals surface area contributed by atoms with Crippen LogP contribution in [0.2, 0.25) is 0 Å². The van der Waals surface area contributed by atoms with Crippen LogP contribution in [0.15, 0.2) is 18.2 Å². The maximum atomic E-state index is 14.0. The smallest absolute Gasteiger partial charge is 0.159 e. The van der Waals surface area contributed by atoms with Gasteiger partial charge in [0, 0.05) is 38.3 Å². The molecule has 0 aliphatic carbocycles. The van der Waals surface area contributed by atoms with Gasteiger partial charge in [-0.15, -0.1) is 0 Å². The van der Waals surface area contributed by atoms with Gasteiger partial charge in [0.25, 0.3) is 0 Å². The molecule has 1 heterocycles. The van der Waals surface area contributed by atoms with E-state index in [1.165, 1.54) is 13.0 Å². The van der Waals surface area contributed by atoms with Crippen LogP contribution in [0.1, 0.15) is 17.3 Å². The van der Waals surface area contributed by atoms with E-state index in [9.17, 15) is 9.18 Å². The number of hydrogen-bond donors (Lipinski definition) is 1. The summed E-state index contributed by atoms with van der Waals surface area (Å²) in [7, 11) is 0. The predicted molar refractivity (Wildman–Crippen MR) is 72.1 cm³/mol. The highest BCUT2D eigenvalue weighted by atomic mass is 19.1. The maximum absolute atomic E-state index is 14.0. The van der Waals surface area contributed by atoms with Crippen molar-refractivity contribution in [3.63, 3.8) is 0 Å². The average Bonchev–Trinajstić information content (AvgIpc) is 2.40. The van der Waals surface area contributed by atoms with Crippen LogP contribution >= 0.6 is 0 Å². The van der Waals surface area contributed by atoms with Gasteiger partial charge in [-0.25, -0.2) is 4.39 Å². The number of rotatable bonds is 4. The largest absolute Gasteiger partial charge is 0.395 e. The van der Waals surface area contributed by atoms with Crippen LogP contribution in [-0.4, -0.2) is 55.1 Å². The summed E-state index contributed by atoms with van der Waals surface area (Å²) in [5.41, 5.74) is 0.953. The minimum atomic E-state index is -0.344. The van der Waals surface area contributed by atoms with Crippen molar-refractivity contribution >= 4 is 11.5 Å². The number of benzene rings is 1. The lowest BCUT2D eigenvalue weighted by molar-refractivity contribution is 0.101. The summed E-state index contributed by atoms with van der Waals surface area (Å²) in [4.78, 5) is 15.3. The van der Waals surface area contributed by atoms with E-state index >= 15 is 0 Å². The summed E-state index contributed by atoms with van der Waals surface area (Å²) < 4.78 is 14.0. The Morgan fingerprint density at radius 2 is 2.00 bits per heavy atom. The average molecular weight is 266 g/mol. The van der Waals surface area contributed by atoms with Crippen LogP contribution in [-0.2, 0) is 0 Å². The van der Waals surface area contributed by atoms with Crippen LogP contribution in [0.3, 0.4) is 0 Å². The third-order valence-electron chi connectivity index (χ3n) is 3.48. The zero-order valence-electron chi connectivity index (χ0n) is 11.1. The molecule has 104 valence electrons. The first-order valence-electron chi connectivity index (χ1n) is 6.50. The highest BCUT2D eigenvalue weighted by Crippen LogP contribution is 2.22. The number of piperazine rings is 1. The molecule has 19 heavy (non-hydrogen) atoms. The van der Waals surface area contributed by atoms with E-state index in [0.29, 0.717) is 17.8 Å². The fraction of sp³-hybridized carbons (Fsp3) is 0.500. The van der Waals surface area contributed by atoms with Crippen LogP contribution in [0.4, 0.5) is 10.1 Å². The molecule has 0 radical (unpaired) electrons. The second kappa shape index (κ2) is 6.12. The lowest BCUT2D eigenvalue weighted by Gasteiger charge is -2.35. The Kier molecular flexibility index (Phi) is 4.50. The van der Waals surface area contributed by atoms with Gasteiger partial charge in [0.15, 0.2) is 5.78 Å². The lowest BCUT2D eigenvalue weighted by atomic mass is 10.1. The molecule has 0 saturated carbocycles. The maximum Gasteiger partial charge on any atom is 0.159 e. The molecule has 1 aliphatic rings. The van der Waals surface area contributed by atoms with Gasteiger partial charge in [-0.05, 0) is 25.1 Å². The third kappa shape index (κ3) is 3.30. The number of hydrogen-bond acceptors (Lipinski definition) is 4. The van der Waals surface area contributed by atoms with Gasteiger partial charge >= 0.3 is 0 Å². The van der Waals surface area contributed by atoms with Crippen molar-refractivity contribution in [3.8, 4) is 0 Å². The molecule has 4 nitrogen and oxygen atoms in total. The van der Waals surface area contributed by atoms with Gasteiger partial charge in [-0.2, -0.15) is 0 Å². The SMILES string of the molecule is CC(=O)c1ccc(N2CCN(CCO)CC2)c(F)c1. The van der Waals surface area contributed by atoms with Crippen LogP contribution in [0.5, 0.6) is 0 Å². The Balaban J connectivity index is 2.05. The summed E-state index contributed by atoms with van der Waals surface area (Å²) in [5.74, 6) is -0.471.